The summed E-state index contributed by atoms with van der Waals surface area (Å²) < 4.78 is 43.5. The van der Waals surface area contributed by atoms with Crippen LogP contribution in [0.4, 0.5) is 24.7 Å². The maximum Gasteiger partial charge on any atom is 0.416 e. The fourth-order valence-corrected chi connectivity index (χ4v) is 4.80. The van der Waals surface area contributed by atoms with Gasteiger partial charge in [-0.05, 0) is 55.3 Å². The van der Waals surface area contributed by atoms with E-state index in [2.05, 4.69) is 42.4 Å². The highest BCUT2D eigenvalue weighted by Gasteiger charge is 2.34. The monoisotopic (exact) mass is 606 g/mol. The first-order chi connectivity index (χ1) is 21.1. The number of aliphatic hydroxyl groups is 1. The quantitative estimate of drug-likeness (QED) is 0.261. The number of carbonyl (C=O) groups is 1. The number of nitrogens with zero attached hydrogens (tertiary/aromatic N) is 6. The van der Waals surface area contributed by atoms with E-state index < -0.39 is 17.6 Å². The molecule has 1 fully saturated rings. The van der Waals surface area contributed by atoms with Gasteiger partial charge in [0.25, 0.3) is 5.91 Å². The average molecular weight is 607 g/mol. The molecule has 0 radical (unpaired) electrons. The van der Waals surface area contributed by atoms with E-state index in [9.17, 15) is 23.1 Å². The third kappa shape index (κ3) is 7.52. The lowest BCUT2D eigenvalue weighted by atomic mass is 10.0. The Kier molecular flexibility index (Phi) is 9.43. The maximum absolute atomic E-state index is 14.0. The number of carbonyl (C=O) groups excluding carboxylic acids is 1. The maximum atomic E-state index is 14.0. The molecule has 13 heteroatoms. The molecule has 1 amide bonds. The van der Waals surface area contributed by atoms with Gasteiger partial charge in [-0.1, -0.05) is 18.9 Å². The van der Waals surface area contributed by atoms with Gasteiger partial charge < -0.3 is 20.6 Å². The number of anilines is 2. The highest BCUT2D eigenvalue weighted by molar-refractivity contribution is 6.04. The van der Waals surface area contributed by atoms with Crippen LogP contribution in [0.25, 0.3) is 5.65 Å². The van der Waals surface area contributed by atoms with Crippen molar-refractivity contribution in [1.82, 2.24) is 29.4 Å². The van der Waals surface area contributed by atoms with E-state index in [0.717, 1.165) is 25.6 Å². The number of fused-ring (bicyclic) bond motifs is 1. The molecule has 1 aromatic carbocycles. The highest BCUT2D eigenvalue weighted by Crippen LogP contribution is 2.34. The van der Waals surface area contributed by atoms with Gasteiger partial charge in [0, 0.05) is 56.4 Å². The van der Waals surface area contributed by atoms with Gasteiger partial charge in [0.1, 0.15) is 11.5 Å². The second kappa shape index (κ2) is 13.4. The number of hydrogen-bond acceptors (Lipinski definition) is 8. The van der Waals surface area contributed by atoms with Crippen LogP contribution in [0.1, 0.15) is 46.1 Å². The molecule has 1 aliphatic heterocycles. The van der Waals surface area contributed by atoms with Crippen molar-refractivity contribution in [3.63, 3.8) is 0 Å². The van der Waals surface area contributed by atoms with E-state index in [1.165, 1.54) is 30.6 Å². The Labute approximate surface area is 252 Å². The van der Waals surface area contributed by atoms with Crippen LogP contribution in [0, 0.1) is 11.8 Å². The molecular formula is C31H33F3N8O2. The SMILES string of the molecule is CC[C@@H](CO)Nc1ccc2ncc(C#Cc3cncc(C(=O)Nc4ccc(CN5CCN(C)CC5)c(C(F)(F)F)c4)c3)n2n1. The van der Waals surface area contributed by atoms with Gasteiger partial charge in [-0.15, -0.1) is 5.10 Å². The predicted molar refractivity (Wildman–Crippen MR) is 160 cm³/mol. The molecule has 0 spiro atoms. The molecule has 0 saturated carbocycles. The molecule has 230 valence electrons. The van der Waals surface area contributed by atoms with Gasteiger partial charge >= 0.3 is 6.18 Å². The number of piperazine rings is 1. The number of aliphatic hydroxyl groups excluding tert-OH is 1. The zero-order valence-electron chi connectivity index (χ0n) is 24.4. The summed E-state index contributed by atoms with van der Waals surface area (Å²) in [5, 5.41) is 19.7. The Morgan fingerprint density at radius 3 is 2.59 bits per heavy atom. The second-order valence-corrected chi connectivity index (χ2v) is 10.7. The van der Waals surface area contributed by atoms with Crippen molar-refractivity contribution in [1.29, 1.82) is 0 Å². The van der Waals surface area contributed by atoms with Crippen LogP contribution < -0.4 is 10.6 Å². The minimum atomic E-state index is -4.57. The minimum Gasteiger partial charge on any atom is -0.394 e. The molecule has 0 bridgehead atoms. The summed E-state index contributed by atoms with van der Waals surface area (Å²) in [6.07, 6.45) is 0.522. The Morgan fingerprint density at radius 2 is 1.86 bits per heavy atom. The van der Waals surface area contributed by atoms with E-state index in [4.69, 9.17) is 0 Å². The third-order valence-corrected chi connectivity index (χ3v) is 7.43. The zero-order valence-corrected chi connectivity index (χ0v) is 24.4. The van der Waals surface area contributed by atoms with E-state index >= 15 is 0 Å². The van der Waals surface area contributed by atoms with Crippen LogP contribution in [-0.4, -0.2) is 86.3 Å². The molecule has 0 aliphatic carbocycles. The molecule has 10 nitrogen and oxygen atoms in total. The molecule has 0 unspecified atom stereocenters. The second-order valence-electron chi connectivity index (χ2n) is 10.7. The van der Waals surface area contributed by atoms with Crippen LogP contribution in [0.15, 0.2) is 55.0 Å². The average Bonchev–Trinajstić information content (AvgIpc) is 3.42. The molecule has 3 aromatic heterocycles. The molecular weight excluding hydrogens is 573 g/mol. The van der Waals surface area contributed by atoms with Crippen molar-refractivity contribution in [2.75, 3.05) is 50.5 Å². The predicted octanol–water partition coefficient (Wildman–Crippen LogP) is 3.73. The zero-order chi connectivity index (χ0) is 31.3. The van der Waals surface area contributed by atoms with Crippen LogP contribution in [-0.2, 0) is 12.7 Å². The number of likely N-dealkylation sites (N-methyl/N-ethyl adjacent to an activating group) is 1. The van der Waals surface area contributed by atoms with Gasteiger partial charge in [0.05, 0.1) is 30.0 Å². The van der Waals surface area contributed by atoms with Crippen LogP contribution in [0.5, 0.6) is 0 Å². The smallest absolute Gasteiger partial charge is 0.394 e. The van der Waals surface area contributed by atoms with E-state index in [1.807, 2.05) is 18.9 Å². The summed E-state index contributed by atoms with van der Waals surface area (Å²) in [6.45, 7) is 5.08. The van der Waals surface area contributed by atoms with Gasteiger partial charge in [-0.25, -0.2) is 9.50 Å². The number of amides is 1. The summed E-state index contributed by atoms with van der Waals surface area (Å²) in [7, 11) is 1.99. The van der Waals surface area contributed by atoms with Crippen molar-refractivity contribution in [2.45, 2.75) is 32.1 Å². The molecule has 5 rings (SSSR count). The van der Waals surface area contributed by atoms with Crippen molar-refractivity contribution < 1.29 is 23.1 Å². The largest absolute Gasteiger partial charge is 0.416 e. The Morgan fingerprint density at radius 1 is 1.07 bits per heavy atom. The highest BCUT2D eigenvalue weighted by atomic mass is 19.4. The number of alkyl halides is 3. The van der Waals surface area contributed by atoms with E-state index in [0.29, 0.717) is 35.8 Å². The molecule has 4 aromatic rings. The number of aromatic nitrogens is 4. The summed E-state index contributed by atoms with van der Waals surface area (Å²) >= 11 is 0. The number of rotatable bonds is 8. The standard InChI is InChI=1S/C31H33F3N8O2/c1-3-24(20-43)37-28-8-9-29-36-18-26(42(29)39-28)7-4-21-14-23(17-35-16-21)30(44)38-25-6-5-22(27(15-25)31(32,33)34)19-41-12-10-40(2)11-13-41/h5-6,8-9,14-18,24,43H,3,10-13,19-20H2,1-2H3,(H,37,39)(H,38,44)/t24-/m0/s1. The van der Waals surface area contributed by atoms with Crippen LogP contribution in [0.2, 0.25) is 0 Å². The van der Waals surface area contributed by atoms with Gasteiger partial charge in [-0.2, -0.15) is 13.2 Å². The van der Waals surface area contributed by atoms with Crippen molar-refractivity contribution in [3.05, 3.63) is 82.9 Å². The molecule has 1 saturated heterocycles. The Balaban J connectivity index is 1.31. The number of nitrogens with one attached hydrogen (secondary N) is 2. The lowest BCUT2D eigenvalue weighted by molar-refractivity contribution is -0.138. The van der Waals surface area contributed by atoms with Crippen LogP contribution in [0.3, 0.4) is 0 Å². The molecule has 1 aliphatic rings. The first-order valence-electron chi connectivity index (χ1n) is 14.2. The summed E-state index contributed by atoms with van der Waals surface area (Å²) in [6, 6.07) is 8.80. The lowest BCUT2D eigenvalue weighted by Crippen LogP contribution is -2.44. The van der Waals surface area contributed by atoms with Crippen molar-refractivity contribution in [3.8, 4) is 11.8 Å². The normalized spacial score (nSPS) is 15.0. The van der Waals surface area contributed by atoms with Crippen molar-refractivity contribution >= 4 is 23.1 Å². The third-order valence-electron chi connectivity index (χ3n) is 7.43. The fraction of sp³-hybridized carbons (Fsp3) is 0.355. The van der Waals surface area contributed by atoms with Gasteiger partial charge in [0.2, 0.25) is 0 Å². The lowest BCUT2D eigenvalue weighted by Gasteiger charge is -2.33. The fourth-order valence-electron chi connectivity index (χ4n) is 4.80. The summed E-state index contributed by atoms with van der Waals surface area (Å²) in [4.78, 5) is 25.5. The number of benzene rings is 1. The first-order valence-corrected chi connectivity index (χ1v) is 14.2. The summed E-state index contributed by atoms with van der Waals surface area (Å²) in [5.41, 5.74) is 1.07. The molecule has 4 heterocycles. The van der Waals surface area contributed by atoms with Gasteiger partial charge in [0.15, 0.2) is 5.65 Å². The summed E-state index contributed by atoms with van der Waals surface area (Å²) in [5.74, 6) is 5.88. The minimum absolute atomic E-state index is 0.0323. The van der Waals surface area contributed by atoms with Crippen LogP contribution >= 0.6 is 0 Å². The number of halogens is 3. The number of hydrogen-bond donors (Lipinski definition) is 3. The Hall–Kier alpha value is -4.51. The molecule has 44 heavy (non-hydrogen) atoms. The van der Waals surface area contributed by atoms with Gasteiger partial charge in [-0.3, -0.25) is 14.7 Å². The van der Waals surface area contributed by atoms with E-state index in [-0.39, 0.29) is 36.0 Å². The number of pyridine rings is 1. The number of imidazole rings is 1. The first kappa shape index (κ1) is 30.9. The van der Waals surface area contributed by atoms with Crippen molar-refractivity contribution in [2.24, 2.45) is 0 Å². The Bertz CT molecular complexity index is 1680. The topological polar surface area (TPSA) is 111 Å². The molecule has 1 atom stereocenters. The molecule has 3 N–H and O–H groups in total. The van der Waals surface area contributed by atoms with E-state index in [1.54, 1.807) is 22.8 Å².